The van der Waals surface area contributed by atoms with Crippen molar-refractivity contribution >= 4 is 11.6 Å². The topological polar surface area (TPSA) is 68.9 Å². The van der Waals surface area contributed by atoms with E-state index in [2.05, 4.69) is 9.97 Å². The molecule has 0 spiro atoms. The number of ketones is 1. The molecule has 0 aliphatic carbocycles. The van der Waals surface area contributed by atoms with Crippen molar-refractivity contribution < 1.29 is 4.79 Å². The second-order valence-corrected chi connectivity index (χ2v) is 3.91. The smallest absolute Gasteiger partial charge is 0.171 e. The maximum absolute atomic E-state index is 12.0. The van der Waals surface area contributed by atoms with Crippen molar-refractivity contribution in [3.8, 4) is 0 Å². The van der Waals surface area contributed by atoms with Gasteiger partial charge in [-0.3, -0.25) is 9.78 Å². The number of nitrogen functional groups attached to an aromatic ring is 1. The molecule has 2 aromatic rings. The Balaban J connectivity index is 2.23. The third-order valence-corrected chi connectivity index (χ3v) is 2.44. The van der Waals surface area contributed by atoms with Gasteiger partial charge in [-0.15, -0.1) is 0 Å². The summed E-state index contributed by atoms with van der Waals surface area (Å²) in [5, 5.41) is 0. The zero-order valence-electron chi connectivity index (χ0n) is 9.55. The fourth-order valence-electron chi connectivity index (χ4n) is 1.59. The Morgan fingerprint density at radius 3 is 2.94 bits per heavy atom. The highest BCUT2D eigenvalue weighted by Crippen LogP contribution is 2.13. The highest BCUT2D eigenvalue weighted by Gasteiger charge is 2.11. The molecule has 0 saturated carbocycles. The van der Waals surface area contributed by atoms with Crippen molar-refractivity contribution in [1.29, 1.82) is 0 Å². The van der Waals surface area contributed by atoms with Crippen LogP contribution in [-0.2, 0) is 6.42 Å². The summed E-state index contributed by atoms with van der Waals surface area (Å²) in [6.45, 7) is 1.88. The molecule has 0 radical (unpaired) electrons. The van der Waals surface area contributed by atoms with Gasteiger partial charge in [-0.25, -0.2) is 4.98 Å². The van der Waals surface area contributed by atoms with Crippen LogP contribution in [0.3, 0.4) is 0 Å². The largest absolute Gasteiger partial charge is 0.383 e. The Labute approximate surface area is 99.5 Å². The Kier molecular flexibility index (Phi) is 3.14. The normalized spacial score (nSPS) is 10.2. The quantitative estimate of drug-likeness (QED) is 0.812. The van der Waals surface area contributed by atoms with Crippen LogP contribution in [0.2, 0.25) is 0 Å². The Hall–Kier alpha value is -2.23. The third-order valence-electron chi connectivity index (χ3n) is 2.44. The molecule has 2 rings (SSSR count). The van der Waals surface area contributed by atoms with Gasteiger partial charge >= 0.3 is 0 Å². The van der Waals surface area contributed by atoms with Crippen molar-refractivity contribution in [3.05, 3.63) is 53.5 Å². The summed E-state index contributed by atoms with van der Waals surface area (Å²) in [4.78, 5) is 20.0. The first-order valence-electron chi connectivity index (χ1n) is 5.31. The van der Waals surface area contributed by atoms with E-state index in [-0.39, 0.29) is 11.6 Å². The SMILES string of the molecule is Cc1cnc(N)c(C(=O)Cc2cccnc2)c1. The lowest BCUT2D eigenvalue weighted by Crippen LogP contribution is -2.09. The van der Waals surface area contributed by atoms with Gasteiger partial charge < -0.3 is 5.73 Å². The molecule has 0 atom stereocenters. The highest BCUT2D eigenvalue weighted by molar-refractivity contribution is 6.01. The summed E-state index contributed by atoms with van der Waals surface area (Å²) in [5.41, 5.74) is 7.98. The first kappa shape index (κ1) is 11.3. The number of pyridine rings is 2. The number of carbonyl (C=O) groups is 1. The Morgan fingerprint density at radius 1 is 1.41 bits per heavy atom. The van der Waals surface area contributed by atoms with Gasteiger partial charge in [-0.1, -0.05) is 6.07 Å². The third kappa shape index (κ3) is 2.66. The Morgan fingerprint density at radius 2 is 2.24 bits per heavy atom. The molecular weight excluding hydrogens is 214 g/mol. The van der Waals surface area contributed by atoms with Crippen LogP contribution in [0.25, 0.3) is 0 Å². The van der Waals surface area contributed by atoms with E-state index in [9.17, 15) is 4.79 Å². The van der Waals surface area contributed by atoms with Crippen LogP contribution in [-0.4, -0.2) is 15.8 Å². The number of carbonyl (C=O) groups excluding carboxylic acids is 1. The molecule has 4 nitrogen and oxygen atoms in total. The fraction of sp³-hybridized carbons (Fsp3) is 0.154. The number of Topliss-reactive ketones (excluding diaryl/α,β-unsaturated/α-hetero) is 1. The predicted molar refractivity (Wildman–Crippen MR) is 65.7 cm³/mol. The molecule has 0 amide bonds. The van der Waals surface area contributed by atoms with Gasteiger partial charge in [0.15, 0.2) is 5.78 Å². The molecule has 0 aliphatic rings. The summed E-state index contributed by atoms with van der Waals surface area (Å²) in [7, 11) is 0. The summed E-state index contributed by atoms with van der Waals surface area (Å²) in [6.07, 6.45) is 5.30. The standard InChI is InChI=1S/C13H13N3O/c1-9-5-11(13(14)16-7-9)12(17)6-10-3-2-4-15-8-10/h2-5,7-8H,6H2,1H3,(H2,14,16). The second-order valence-electron chi connectivity index (χ2n) is 3.91. The summed E-state index contributed by atoms with van der Waals surface area (Å²) in [5.74, 6) is 0.246. The number of anilines is 1. The predicted octanol–water partition coefficient (Wildman–Crippen LogP) is 1.79. The molecule has 0 saturated heterocycles. The van der Waals surface area contributed by atoms with Crippen LogP contribution in [0.15, 0.2) is 36.8 Å². The summed E-state index contributed by atoms with van der Waals surface area (Å²) in [6, 6.07) is 5.44. The van der Waals surface area contributed by atoms with Gasteiger partial charge in [-0.05, 0) is 30.2 Å². The Bertz CT molecular complexity index is 538. The van der Waals surface area contributed by atoms with Gasteiger partial charge in [0.1, 0.15) is 5.82 Å². The van der Waals surface area contributed by atoms with Crippen molar-refractivity contribution in [2.24, 2.45) is 0 Å². The molecule has 0 aliphatic heterocycles. The van der Waals surface area contributed by atoms with Crippen molar-refractivity contribution in [3.63, 3.8) is 0 Å². The monoisotopic (exact) mass is 227 g/mol. The van der Waals surface area contributed by atoms with E-state index in [1.54, 1.807) is 30.7 Å². The van der Waals surface area contributed by atoms with E-state index in [0.29, 0.717) is 12.0 Å². The summed E-state index contributed by atoms with van der Waals surface area (Å²) < 4.78 is 0. The van der Waals surface area contributed by atoms with E-state index < -0.39 is 0 Å². The average Bonchev–Trinajstić information content (AvgIpc) is 2.33. The second kappa shape index (κ2) is 4.74. The number of hydrogen-bond acceptors (Lipinski definition) is 4. The van der Waals surface area contributed by atoms with E-state index in [1.807, 2.05) is 13.0 Å². The maximum Gasteiger partial charge on any atom is 0.171 e. The first-order valence-corrected chi connectivity index (χ1v) is 5.31. The maximum atomic E-state index is 12.0. The number of nitrogens with two attached hydrogens (primary N) is 1. The van der Waals surface area contributed by atoms with Crippen LogP contribution >= 0.6 is 0 Å². The molecule has 0 unspecified atom stereocenters. The molecule has 0 fully saturated rings. The van der Waals surface area contributed by atoms with Gasteiger partial charge in [-0.2, -0.15) is 0 Å². The lowest BCUT2D eigenvalue weighted by Gasteiger charge is -2.05. The molecule has 2 aromatic heterocycles. The zero-order valence-corrected chi connectivity index (χ0v) is 9.55. The minimum atomic E-state index is -0.0355. The van der Waals surface area contributed by atoms with Crippen LogP contribution < -0.4 is 5.73 Å². The molecule has 2 N–H and O–H groups in total. The minimum absolute atomic E-state index is 0.0355. The number of hydrogen-bond donors (Lipinski definition) is 1. The fourth-order valence-corrected chi connectivity index (χ4v) is 1.59. The van der Waals surface area contributed by atoms with Crippen LogP contribution in [0, 0.1) is 6.92 Å². The molecule has 0 aromatic carbocycles. The molecule has 0 bridgehead atoms. The number of aryl methyl sites for hydroxylation is 1. The molecule has 86 valence electrons. The molecule has 4 heteroatoms. The van der Waals surface area contributed by atoms with Crippen LogP contribution in [0.1, 0.15) is 21.5 Å². The lowest BCUT2D eigenvalue weighted by atomic mass is 10.0. The van der Waals surface area contributed by atoms with Gasteiger partial charge in [0, 0.05) is 25.0 Å². The van der Waals surface area contributed by atoms with Crippen LogP contribution in [0.4, 0.5) is 5.82 Å². The number of rotatable bonds is 3. The van der Waals surface area contributed by atoms with Crippen molar-refractivity contribution in [2.75, 3.05) is 5.73 Å². The van der Waals surface area contributed by atoms with E-state index >= 15 is 0 Å². The number of aromatic nitrogens is 2. The van der Waals surface area contributed by atoms with Crippen molar-refractivity contribution in [2.45, 2.75) is 13.3 Å². The molecular formula is C13H13N3O. The number of nitrogens with zero attached hydrogens (tertiary/aromatic N) is 2. The molecule has 17 heavy (non-hydrogen) atoms. The first-order chi connectivity index (χ1) is 8.16. The van der Waals surface area contributed by atoms with E-state index in [4.69, 9.17) is 5.73 Å². The lowest BCUT2D eigenvalue weighted by molar-refractivity contribution is 0.0993. The van der Waals surface area contributed by atoms with Gasteiger partial charge in [0.2, 0.25) is 0 Å². The van der Waals surface area contributed by atoms with Gasteiger partial charge in [0.05, 0.1) is 5.56 Å². The zero-order chi connectivity index (χ0) is 12.3. The molecule has 2 heterocycles. The minimum Gasteiger partial charge on any atom is -0.383 e. The average molecular weight is 227 g/mol. The van der Waals surface area contributed by atoms with Crippen LogP contribution in [0.5, 0.6) is 0 Å². The highest BCUT2D eigenvalue weighted by atomic mass is 16.1. The van der Waals surface area contributed by atoms with E-state index in [0.717, 1.165) is 11.1 Å². The van der Waals surface area contributed by atoms with Crippen molar-refractivity contribution in [1.82, 2.24) is 9.97 Å². The van der Waals surface area contributed by atoms with E-state index in [1.165, 1.54) is 0 Å². The summed E-state index contributed by atoms with van der Waals surface area (Å²) >= 11 is 0. The van der Waals surface area contributed by atoms with Gasteiger partial charge in [0.25, 0.3) is 0 Å².